The summed E-state index contributed by atoms with van der Waals surface area (Å²) in [6, 6.07) is 16.7. The minimum Gasteiger partial charge on any atom is -0.496 e. The fraction of sp³-hybridized carbons (Fsp3) is 0.227. The smallest absolute Gasteiger partial charge is 0.224 e. The lowest BCUT2D eigenvalue weighted by Gasteiger charge is -2.36. The minimum absolute atomic E-state index is 0.0841. The predicted molar refractivity (Wildman–Crippen MR) is 117 cm³/mol. The van der Waals surface area contributed by atoms with E-state index in [0.717, 1.165) is 36.2 Å². The minimum atomic E-state index is 0.0841. The number of fused-ring (bicyclic) bond motifs is 2. The average Bonchev–Trinajstić information content (AvgIpc) is 3.18. The molecule has 5 rings (SSSR count). The van der Waals surface area contributed by atoms with Crippen molar-refractivity contribution in [1.29, 1.82) is 0 Å². The zero-order valence-corrected chi connectivity index (χ0v) is 16.7. The molecule has 4 aromatic rings. The first kappa shape index (κ1) is 18.2. The molecule has 1 aliphatic heterocycles. The number of nitrogen functional groups attached to an aromatic ring is 2. The number of ether oxygens (including phenoxy) is 1. The summed E-state index contributed by atoms with van der Waals surface area (Å²) in [4.78, 5) is 10.8. The van der Waals surface area contributed by atoms with Crippen LogP contribution in [0.5, 0.6) is 5.75 Å². The molecule has 0 saturated heterocycles. The van der Waals surface area contributed by atoms with E-state index >= 15 is 0 Å². The first-order valence-electron chi connectivity index (χ1n) is 9.85. The van der Waals surface area contributed by atoms with Crippen molar-refractivity contribution in [2.24, 2.45) is 0 Å². The van der Waals surface area contributed by atoms with Gasteiger partial charge in [0.05, 0.1) is 24.7 Å². The predicted octanol–water partition coefficient (Wildman–Crippen LogP) is 2.80. The fourth-order valence-electron chi connectivity index (χ4n) is 4.25. The number of hydrogen-bond donors (Lipinski definition) is 2. The van der Waals surface area contributed by atoms with Gasteiger partial charge >= 0.3 is 0 Å². The number of benzene rings is 2. The molecular formula is C22H23N7O. The van der Waals surface area contributed by atoms with Crippen LogP contribution in [0.4, 0.5) is 17.5 Å². The molecule has 2 aromatic heterocycles. The van der Waals surface area contributed by atoms with Crippen molar-refractivity contribution in [3.63, 3.8) is 0 Å². The molecule has 0 fully saturated rings. The Balaban J connectivity index is 1.55. The highest BCUT2D eigenvalue weighted by Gasteiger charge is 2.28. The molecule has 0 spiro atoms. The molecule has 0 amide bonds. The van der Waals surface area contributed by atoms with E-state index in [1.807, 2.05) is 22.9 Å². The van der Waals surface area contributed by atoms with E-state index < -0.39 is 0 Å². The van der Waals surface area contributed by atoms with Crippen LogP contribution in [0.2, 0.25) is 0 Å². The first-order chi connectivity index (χ1) is 14.6. The van der Waals surface area contributed by atoms with E-state index in [-0.39, 0.29) is 12.0 Å². The normalized spacial score (nSPS) is 15.9. The molecule has 1 aliphatic rings. The number of hydrogen-bond acceptors (Lipinski definition) is 7. The van der Waals surface area contributed by atoms with Crippen LogP contribution >= 0.6 is 0 Å². The topological polar surface area (TPSA) is 108 Å². The van der Waals surface area contributed by atoms with Gasteiger partial charge in [-0.3, -0.25) is 0 Å². The molecule has 1 atom stereocenters. The molecule has 0 bridgehead atoms. The molecule has 0 aliphatic carbocycles. The van der Waals surface area contributed by atoms with Gasteiger partial charge in [-0.15, -0.1) is 0 Å². The highest BCUT2D eigenvalue weighted by Crippen LogP contribution is 2.35. The van der Waals surface area contributed by atoms with Crippen molar-refractivity contribution < 1.29 is 4.74 Å². The standard InChI is InChI=1S/C22H23N7O/c1-30-19-9-5-3-7-15(19)12-28-13-16(10-14-6-2-4-8-18(14)28)29-21-17(11-25-29)20(23)26-22(24)27-21/h2-9,11,16H,10,12-13H2,1H3,(H4,23,24,26,27). The van der Waals surface area contributed by atoms with E-state index in [9.17, 15) is 0 Å². The molecule has 152 valence electrons. The second-order valence-corrected chi connectivity index (χ2v) is 7.47. The number of nitrogens with zero attached hydrogens (tertiary/aromatic N) is 5. The second-order valence-electron chi connectivity index (χ2n) is 7.47. The zero-order valence-electron chi connectivity index (χ0n) is 16.7. The quantitative estimate of drug-likeness (QED) is 0.541. The van der Waals surface area contributed by atoms with E-state index in [4.69, 9.17) is 16.2 Å². The molecule has 4 N–H and O–H groups in total. The van der Waals surface area contributed by atoms with Crippen molar-refractivity contribution in [3.8, 4) is 5.75 Å². The molecule has 30 heavy (non-hydrogen) atoms. The number of anilines is 3. The van der Waals surface area contributed by atoms with E-state index in [2.05, 4.69) is 50.3 Å². The molecule has 1 unspecified atom stereocenters. The second kappa shape index (κ2) is 7.22. The third-order valence-corrected chi connectivity index (χ3v) is 5.62. The maximum Gasteiger partial charge on any atom is 0.224 e. The summed E-state index contributed by atoms with van der Waals surface area (Å²) in [5.41, 5.74) is 16.2. The molecule has 3 heterocycles. The van der Waals surface area contributed by atoms with Gasteiger partial charge in [-0.25, -0.2) is 4.68 Å². The lowest BCUT2D eigenvalue weighted by Crippen LogP contribution is -2.36. The summed E-state index contributed by atoms with van der Waals surface area (Å²) >= 11 is 0. The van der Waals surface area contributed by atoms with Crippen molar-refractivity contribution in [3.05, 3.63) is 65.9 Å². The van der Waals surface area contributed by atoms with Crippen molar-refractivity contribution >= 4 is 28.5 Å². The van der Waals surface area contributed by atoms with E-state index in [1.165, 1.54) is 11.3 Å². The summed E-state index contributed by atoms with van der Waals surface area (Å²) in [6.45, 7) is 1.51. The lowest BCUT2D eigenvalue weighted by atomic mass is 9.97. The lowest BCUT2D eigenvalue weighted by molar-refractivity contribution is 0.405. The Kier molecular flexibility index (Phi) is 4.39. The fourth-order valence-corrected chi connectivity index (χ4v) is 4.25. The number of nitrogens with two attached hydrogens (primary N) is 2. The Morgan fingerprint density at radius 2 is 1.87 bits per heavy atom. The molecule has 2 aromatic carbocycles. The summed E-state index contributed by atoms with van der Waals surface area (Å²) in [7, 11) is 1.70. The van der Waals surface area contributed by atoms with Gasteiger partial charge in [0.2, 0.25) is 5.95 Å². The highest BCUT2D eigenvalue weighted by atomic mass is 16.5. The van der Waals surface area contributed by atoms with Gasteiger partial charge in [-0.05, 0) is 24.1 Å². The Labute approximate surface area is 174 Å². The Morgan fingerprint density at radius 3 is 2.73 bits per heavy atom. The summed E-state index contributed by atoms with van der Waals surface area (Å²) in [6.07, 6.45) is 2.56. The van der Waals surface area contributed by atoms with E-state index in [0.29, 0.717) is 11.5 Å². The Hall–Kier alpha value is -3.81. The Morgan fingerprint density at radius 1 is 1.07 bits per heavy atom. The summed E-state index contributed by atoms with van der Waals surface area (Å²) in [5, 5.41) is 5.32. The SMILES string of the molecule is COc1ccccc1CN1CC(n2ncc3c(N)nc(N)nc32)Cc2ccccc21. The average molecular weight is 401 g/mol. The van der Waals surface area contributed by atoms with Gasteiger partial charge in [-0.2, -0.15) is 15.1 Å². The zero-order chi connectivity index (χ0) is 20.7. The molecular weight excluding hydrogens is 378 g/mol. The van der Waals surface area contributed by atoms with Crippen LogP contribution in [0.1, 0.15) is 17.2 Å². The van der Waals surface area contributed by atoms with Gasteiger partial charge in [0.1, 0.15) is 11.6 Å². The van der Waals surface area contributed by atoms with Crippen molar-refractivity contribution in [2.75, 3.05) is 30.0 Å². The molecule has 8 heteroatoms. The van der Waals surface area contributed by atoms with Gasteiger partial charge in [0, 0.05) is 24.3 Å². The third-order valence-electron chi connectivity index (χ3n) is 5.62. The third kappa shape index (κ3) is 3.06. The molecule has 0 radical (unpaired) electrons. The van der Waals surface area contributed by atoms with Crippen LogP contribution in [0, 0.1) is 0 Å². The van der Waals surface area contributed by atoms with Crippen LogP contribution in [0.3, 0.4) is 0 Å². The van der Waals surface area contributed by atoms with Crippen molar-refractivity contribution in [2.45, 2.75) is 19.0 Å². The molecule has 0 saturated carbocycles. The van der Waals surface area contributed by atoms with Gasteiger partial charge in [0.25, 0.3) is 0 Å². The van der Waals surface area contributed by atoms with Crippen LogP contribution in [-0.2, 0) is 13.0 Å². The monoisotopic (exact) mass is 401 g/mol. The van der Waals surface area contributed by atoms with Crippen LogP contribution < -0.4 is 21.1 Å². The number of para-hydroxylation sites is 2. The van der Waals surface area contributed by atoms with Gasteiger partial charge in [0.15, 0.2) is 5.65 Å². The van der Waals surface area contributed by atoms with Gasteiger partial charge in [-0.1, -0.05) is 36.4 Å². The van der Waals surface area contributed by atoms with Crippen molar-refractivity contribution in [1.82, 2.24) is 19.7 Å². The van der Waals surface area contributed by atoms with E-state index in [1.54, 1.807) is 13.3 Å². The number of rotatable bonds is 4. The first-order valence-corrected chi connectivity index (χ1v) is 9.85. The van der Waals surface area contributed by atoms with Crippen LogP contribution in [0.25, 0.3) is 11.0 Å². The maximum absolute atomic E-state index is 6.03. The maximum atomic E-state index is 6.03. The summed E-state index contributed by atoms with van der Waals surface area (Å²) < 4.78 is 7.49. The largest absolute Gasteiger partial charge is 0.496 e. The van der Waals surface area contributed by atoms with Gasteiger partial charge < -0.3 is 21.1 Å². The molecule has 8 nitrogen and oxygen atoms in total. The van der Waals surface area contributed by atoms with Crippen LogP contribution in [0.15, 0.2) is 54.7 Å². The number of aromatic nitrogens is 4. The summed E-state index contributed by atoms with van der Waals surface area (Å²) in [5.74, 6) is 1.39. The highest BCUT2D eigenvalue weighted by molar-refractivity contribution is 5.86. The Bertz CT molecular complexity index is 1220. The van der Waals surface area contributed by atoms with Crippen LogP contribution in [-0.4, -0.2) is 33.4 Å². The number of methoxy groups -OCH3 is 1.